The second kappa shape index (κ2) is 10.6. The van der Waals surface area contributed by atoms with Gasteiger partial charge in [-0.05, 0) is 60.9 Å². The van der Waals surface area contributed by atoms with Crippen LogP contribution in [0.5, 0.6) is 0 Å². The average Bonchev–Trinajstić information content (AvgIpc) is 3.49. The van der Waals surface area contributed by atoms with E-state index in [9.17, 15) is 10.1 Å². The van der Waals surface area contributed by atoms with E-state index in [4.69, 9.17) is 19.4 Å². The smallest absolute Gasteiger partial charge is 0.251 e. The molecule has 1 N–H and O–H groups in total. The SMILES string of the molecule is CO[C@H]1CCN(c2nccc(-c3ccc4cnc(CNC(=O)c5ccc6c(c5)[C@](C)(C#N)COC6)cc4n3)n2)C1. The summed E-state index contributed by atoms with van der Waals surface area (Å²) in [5.74, 6) is 0.436. The standard InChI is InChI=1S/C30H29N7O3/c1-30(17-31)18-40-16-21-4-3-19(11-24(21)30)28(38)34-14-22-12-27-20(13-33-22)5-6-25(35-27)26-7-9-32-29(36-26)37-10-8-23(15-37)39-2/h3-7,9,11-13,23H,8,10,14-16,18H2,1-2H3,(H,34,38)/t23-,30+/m0/s1. The van der Waals surface area contributed by atoms with Gasteiger partial charge in [-0.3, -0.25) is 9.78 Å². The van der Waals surface area contributed by atoms with Crippen LogP contribution in [0.1, 0.15) is 40.5 Å². The molecule has 1 fully saturated rings. The summed E-state index contributed by atoms with van der Waals surface area (Å²) in [6.45, 7) is 4.44. The van der Waals surface area contributed by atoms with Crippen molar-refractivity contribution >= 4 is 22.8 Å². The number of pyridine rings is 2. The summed E-state index contributed by atoms with van der Waals surface area (Å²) < 4.78 is 11.0. The molecule has 10 nitrogen and oxygen atoms in total. The lowest BCUT2D eigenvalue weighted by Gasteiger charge is -2.30. The van der Waals surface area contributed by atoms with Crippen molar-refractivity contribution in [3.63, 3.8) is 0 Å². The fraction of sp³-hybridized carbons (Fsp3) is 0.333. The van der Waals surface area contributed by atoms with Crippen molar-refractivity contribution < 1.29 is 14.3 Å². The summed E-state index contributed by atoms with van der Waals surface area (Å²) in [5.41, 5.74) is 4.41. The van der Waals surface area contributed by atoms with Gasteiger partial charge in [-0.1, -0.05) is 6.07 Å². The van der Waals surface area contributed by atoms with Gasteiger partial charge < -0.3 is 19.7 Å². The zero-order valence-corrected chi connectivity index (χ0v) is 22.4. The van der Waals surface area contributed by atoms with Gasteiger partial charge in [-0.25, -0.2) is 15.0 Å². The summed E-state index contributed by atoms with van der Waals surface area (Å²) in [4.78, 5) is 33.7. The van der Waals surface area contributed by atoms with Crippen molar-refractivity contribution in [3.8, 4) is 17.5 Å². The van der Waals surface area contributed by atoms with E-state index in [1.165, 1.54) is 0 Å². The van der Waals surface area contributed by atoms with Crippen LogP contribution < -0.4 is 10.2 Å². The van der Waals surface area contributed by atoms with Crippen molar-refractivity contribution in [2.75, 3.05) is 31.7 Å². The van der Waals surface area contributed by atoms with Crippen LogP contribution >= 0.6 is 0 Å². The van der Waals surface area contributed by atoms with Crippen molar-refractivity contribution in [2.24, 2.45) is 0 Å². The molecule has 1 saturated heterocycles. The molecule has 0 unspecified atom stereocenters. The number of nitriles is 1. The van der Waals surface area contributed by atoms with E-state index in [1.807, 2.05) is 37.3 Å². The summed E-state index contributed by atoms with van der Waals surface area (Å²) in [6, 6.07) is 15.4. The van der Waals surface area contributed by atoms with Gasteiger partial charge in [0.1, 0.15) is 5.41 Å². The Morgan fingerprint density at radius 2 is 2.08 bits per heavy atom. The Balaban J connectivity index is 1.19. The first-order chi connectivity index (χ1) is 19.5. The minimum Gasteiger partial charge on any atom is -0.380 e. The monoisotopic (exact) mass is 535 g/mol. The number of hydrogen-bond acceptors (Lipinski definition) is 9. The lowest BCUT2D eigenvalue weighted by atomic mass is 9.79. The van der Waals surface area contributed by atoms with E-state index in [-0.39, 0.29) is 18.6 Å². The number of nitrogens with one attached hydrogen (secondary N) is 1. The number of nitrogens with zero attached hydrogens (tertiary/aromatic N) is 6. The number of carbonyl (C=O) groups is 1. The number of ether oxygens (including phenoxy) is 2. The predicted molar refractivity (Wildman–Crippen MR) is 148 cm³/mol. The van der Waals surface area contributed by atoms with Gasteiger partial charge in [-0.2, -0.15) is 5.26 Å². The molecular formula is C30H29N7O3. The van der Waals surface area contributed by atoms with Crippen LogP contribution in [0.3, 0.4) is 0 Å². The van der Waals surface area contributed by atoms with Crippen molar-refractivity contribution in [1.29, 1.82) is 5.26 Å². The van der Waals surface area contributed by atoms with E-state index in [2.05, 4.69) is 26.3 Å². The molecule has 4 aromatic rings. The average molecular weight is 536 g/mol. The maximum atomic E-state index is 13.0. The van der Waals surface area contributed by atoms with E-state index in [1.54, 1.807) is 31.6 Å². The van der Waals surface area contributed by atoms with Gasteiger partial charge in [-0.15, -0.1) is 0 Å². The third-order valence-electron chi connectivity index (χ3n) is 7.59. The van der Waals surface area contributed by atoms with Gasteiger partial charge in [0.15, 0.2) is 0 Å². The normalized spacial score (nSPS) is 20.2. The number of rotatable bonds is 6. The first-order valence-corrected chi connectivity index (χ1v) is 13.2. The lowest BCUT2D eigenvalue weighted by molar-refractivity contribution is 0.0757. The number of amides is 1. The first kappa shape index (κ1) is 25.8. The maximum Gasteiger partial charge on any atom is 0.251 e. The number of aromatic nitrogens is 4. The molecular weight excluding hydrogens is 506 g/mol. The van der Waals surface area contributed by atoms with E-state index >= 15 is 0 Å². The van der Waals surface area contributed by atoms with Crippen LogP contribution in [0.15, 0.2) is 54.9 Å². The maximum absolute atomic E-state index is 13.0. The third kappa shape index (κ3) is 4.97. The van der Waals surface area contributed by atoms with E-state index in [0.29, 0.717) is 30.4 Å². The molecule has 2 atom stereocenters. The Kier molecular flexibility index (Phi) is 6.84. The second-order valence-electron chi connectivity index (χ2n) is 10.4. The molecule has 5 heterocycles. The Morgan fingerprint density at radius 1 is 1.20 bits per heavy atom. The Hall–Kier alpha value is -4.46. The summed E-state index contributed by atoms with van der Waals surface area (Å²) >= 11 is 0. The van der Waals surface area contributed by atoms with Gasteiger partial charge in [0.25, 0.3) is 5.91 Å². The number of fused-ring (bicyclic) bond motifs is 2. The topological polar surface area (TPSA) is 126 Å². The minimum absolute atomic E-state index is 0.192. The molecule has 1 amide bonds. The number of carbonyl (C=O) groups excluding carboxylic acids is 1. The quantitative estimate of drug-likeness (QED) is 0.394. The van der Waals surface area contributed by atoms with Crippen LogP contribution in [0.4, 0.5) is 5.95 Å². The van der Waals surface area contributed by atoms with E-state index < -0.39 is 5.41 Å². The number of hydrogen-bond donors (Lipinski definition) is 1. The largest absolute Gasteiger partial charge is 0.380 e. The number of benzene rings is 1. The summed E-state index contributed by atoms with van der Waals surface area (Å²) in [5, 5.41) is 13.5. The molecule has 1 aromatic carbocycles. The molecule has 40 heavy (non-hydrogen) atoms. The fourth-order valence-electron chi connectivity index (χ4n) is 5.21. The van der Waals surface area contributed by atoms with Gasteiger partial charge >= 0.3 is 0 Å². The van der Waals surface area contributed by atoms with Crippen molar-refractivity contribution in [2.45, 2.75) is 38.0 Å². The highest BCUT2D eigenvalue weighted by molar-refractivity contribution is 5.94. The number of methoxy groups -OCH3 is 1. The van der Waals surface area contributed by atoms with Gasteiger partial charge in [0.2, 0.25) is 5.95 Å². The molecule has 6 rings (SSSR count). The highest BCUT2D eigenvalue weighted by atomic mass is 16.5. The summed E-state index contributed by atoms with van der Waals surface area (Å²) in [7, 11) is 1.73. The fourth-order valence-corrected chi connectivity index (χ4v) is 5.21. The Bertz CT molecular complexity index is 1640. The molecule has 3 aromatic heterocycles. The van der Waals surface area contributed by atoms with E-state index in [0.717, 1.165) is 52.9 Å². The molecule has 0 radical (unpaired) electrons. The minimum atomic E-state index is -0.779. The van der Waals surface area contributed by atoms with Crippen LogP contribution in [0.2, 0.25) is 0 Å². The molecule has 0 bridgehead atoms. The Labute approximate surface area is 232 Å². The number of anilines is 1. The molecule has 202 valence electrons. The van der Waals surface area contributed by atoms with Crippen LogP contribution in [0.25, 0.3) is 22.3 Å². The molecule has 2 aliphatic heterocycles. The van der Waals surface area contributed by atoms with Gasteiger partial charge in [0, 0.05) is 43.5 Å². The highest BCUT2D eigenvalue weighted by Crippen LogP contribution is 2.32. The molecule has 10 heteroatoms. The summed E-state index contributed by atoms with van der Waals surface area (Å²) in [6.07, 6.45) is 4.65. The zero-order valence-electron chi connectivity index (χ0n) is 22.4. The third-order valence-corrected chi connectivity index (χ3v) is 7.59. The Morgan fingerprint density at radius 3 is 2.90 bits per heavy atom. The second-order valence-corrected chi connectivity index (χ2v) is 10.4. The highest BCUT2D eigenvalue weighted by Gasteiger charge is 2.33. The van der Waals surface area contributed by atoms with Gasteiger partial charge in [0.05, 0.1) is 54.5 Å². The molecule has 0 saturated carbocycles. The lowest BCUT2D eigenvalue weighted by Crippen LogP contribution is -2.33. The van der Waals surface area contributed by atoms with Crippen LogP contribution in [-0.2, 0) is 28.0 Å². The molecule has 0 aliphatic carbocycles. The van der Waals surface area contributed by atoms with Crippen LogP contribution in [-0.4, -0.2) is 58.8 Å². The predicted octanol–water partition coefficient (Wildman–Crippen LogP) is 3.55. The van der Waals surface area contributed by atoms with Crippen molar-refractivity contribution in [3.05, 3.63) is 77.2 Å². The van der Waals surface area contributed by atoms with Crippen LogP contribution in [0, 0.1) is 11.3 Å². The van der Waals surface area contributed by atoms with Crippen molar-refractivity contribution in [1.82, 2.24) is 25.3 Å². The zero-order chi connectivity index (χ0) is 27.7. The molecule has 0 spiro atoms. The molecule has 2 aliphatic rings. The first-order valence-electron chi connectivity index (χ1n) is 13.2.